The number of nitrogens with one attached hydrogen (secondary N) is 1. The summed E-state index contributed by atoms with van der Waals surface area (Å²) >= 11 is 0. The number of anilines is 1. The highest BCUT2D eigenvalue weighted by Gasteiger charge is 2.19. The Hall–Kier alpha value is -3.61. The molecule has 0 aliphatic rings. The first-order valence-electron chi connectivity index (χ1n) is 9.17. The Bertz CT molecular complexity index is 960. The molecular formula is C22H21FN4O2. The fourth-order valence-electron chi connectivity index (χ4n) is 2.73. The number of nitrogens with zero attached hydrogens (tertiary/aromatic N) is 3. The van der Waals surface area contributed by atoms with Gasteiger partial charge in [-0.15, -0.1) is 0 Å². The molecule has 0 atom stereocenters. The smallest absolute Gasteiger partial charge is 0.274 e. The monoisotopic (exact) mass is 392 g/mol. The molecule has 3 rings (SSSR count). The number of amides is 2. The van der Waals surface area contributed by atoms with Gasteiger partial charge in [0.1, 0.15) is 11.5 Å². The first-order chi connectivity index (χ1) is 14.0. The highest BCUT2D eigenvalue weighted by Crippen LogP contribution is 2.12. The molecule has 3 aromatic rings. The molecule has 29 heavy (non-hydrogen) atoms. The molecular weight excluding hydrogens is 371 g/mol. The molecule has 0 unspecified atom stereocenters. The lowest BCUT2D eigenvalue weighted by Crippen LogP contribution is -2.34. The lowest BCUT2D eigenvalue weighted by molar-refractivity contribution is -0.116. The Kier molecular flexibility index (Phi) is 6.63. The molecule has 148 valence electrons. The van der Waals surface area contributed by atoms with E-state index >= 15 is 0 Å². The van der Waals surface area contributed by atoms with Crippen LogP contribution in [0.3, 0.4) is 0 Å². The van der Waals surface area contributed by atoms with E-state index < -0.39 is 0 Å². The Morgan fingerprint density at radius 3 is 2.41 bits per heavy atom. The third-order valence-corrected chi connectivity index (χ3v) is 4.30. The Balaban J connectivity index is 1.68. The lowest BCUT2D eigenvalue weighted by Gasteiger charge is -2.22. The number of benzene rings is 2. The van der Waals surface area contributed by atoms with E-state index in [0.29, 0.717) is 5.69 Å². The minimum absolute atomic E-state index is 0.112. The van der Waals surface area contributed by atoms with Gasteiger partial charge in [-0.1, -0.05) is 29.8 Å². The van der Waals surface area contributed by atoms with Gasteiger partial charge in [0.15, 0.2) is 0 Å². The van der Waals surface area contributed by atoms with Crippen molar-refractivity contribution < 1.29 is 14.0 Å². The van der Waals surface area contributed by atoms with Crippen LogP contribution in [0.1, 0.15) is 28.0 Å². The molecule has 0 fully saturated rings. The molecule has 6 nitrogen and oxygen atoms in total. The van der Waals surface area contributed by atoms with Gasteiger partial charge in [0.2, 0.25) is 5.91 Å². The van der Waals surface area contributed by atoms with E-state index in [1.807, 2.05) is 31.2 Å². The number of rotatable bonds is 7. The van der Waals surface area contributed by atoms with E-state index in [2.05, 4.69) is 15.3 Å². The van der Waals surface area contributed by atoms with Gasteiger partial charge >= 0.3 is 0 Å². The van der Waals surface area contributed by atoms with Crippen molar-refractivity contribution in [3.8, 4) is 0 Å². The third kappa shape index (κ3) is 5.93. The Morgan fingerprint density at radius 2 is 1.76 bits per heavy atom. The van der Waals surface area contributed by atoms with Gasteiger partial charge < -0.3 is 10.2 Å². The number of carbonyl (C=O) groups excluding carboxylic acids is 2. The zero-order valence-corrected chi connectivity index (χ0v) is 16.0. The molecule has 1 heterocycles. The summed E-state index contributed by atoms with van der Waals surface area (Å²) in [7, 11) is 0. The van der Waals surface area contributed by atoms with Crippen molar-refractivity contribution in [1.29, 1.82) is 0 Å². The number of hydrogen-bond acceptors (Lipinski definition) is 4. The number of aryl methyl sites for hydroxylation is 1. The maximum atomic E-state index is 13.2. The van der Waals surface area contributed by atoms with Gasteiger partial charge in [0, 0.05) is 37.6 Å². The number of halogens is 1. The topological polar surface area (TPSA) is 75.2 Å². The second-order valence-corrected chi connectivity index (χ2v) is 6.61. The van der Waals surface area contributed by atoms with E-state index in [4.69, 9.17) is 0 Å². The van der Waals surface area contributed by atoms with Crippen molar-refractivity contribution in [3.05, 3.63) is 89.8 Å². The zero-order chi connectivity index (χ0) is 20.6. The Labute approximate surface area is 168 Å². The molecule has 0 radical (unpaired) electrons. The van der Waals surface area contributed by atoms with Gasteiger partial charge in [-0.3, -0.25) is 14.6 Å². The second-order valence-electron chi connectivity index (χ2n) is 6.61. The van der Waals surface area contributed by atoms with Crippen LogP contribution in [0.5, 0.6) is 0 Å². The number of hydrogen-bond donors (Lipinski definition) is 1. The molecule has 0 aliphatic heterocycles. The van der Waals surface area contributed by atoms with Crippen molar-refractivity contribution >= 4 is 17.5 Å². The summed E-state index contributed by atoms with van der Waals surface area (Å²) in [6.45, 7) is 2.38. The molecule has 1 N–H and O–H groups in total. The molecule has 7 heteroatoms. The van der Waals surface area contributed by atoms with Crippen molar-refractivity contribution in [2.24, 2.45) is 0 Å². The minimum atomic E-state index is -0.349. The second kappa shape index (κ2) is 9.54. The van der Waals surface area contributed by atoms with Crippen molar-refractivity contribution in [2.75, 3.05) is 11.9 Å². The lowest BCUT2D eigenvalue weighted by atomic mass is 10.2. The highest BCUT2D eigenvalue weighted by atomic mass is 19.1. The van der Waals surface area contributed by atoms with Crippen molar-refractivity contribution in [1.82, 2.24) is 14.9 Å². The minimum Gasteiger partial charge on any atom is -0.332 e. The largest absolute Gasteiger partial charge is 0.332 e. The molecule has 2 amide bonds. The average Bonchev–Trinajstić information content (AvgIpc) is 2.74. The fourth-order valence-corrected chi connectivity index (χ4v) is 2.73. The summed E-state index contributed by atoms with van der Waals surface area (Å²) < 4.78 is 13.2. The summed E-state index contributed by atoms with van der Waals surface area (Å²) in [4.78, 5) is 34.6. The van der Waals surface area contributed by atoms with Gasteiger partial charge in [-0.25, -0.2) is 9.37 Å². The standard InChI is InChI=1S/C22H21FN4O2/c1-16-2-8-19(9-3-16)26-21(28)10-13-27(15-17-4-6-18(23)7-5-17)22(29)20-14-24-11-12-25-20/h2-9,11-12,14H,10,13,15H2,1H3,(H,26,28). The van der Waals surface area contributed by atoms with Gasteiger partial charge in [0.05, 0.1) is 6.20 Å². The normalized spacial score (nSPS) is 10.4. The summed E-state index contributed by atoms with van der Waals surface area (Å²) in [6, 6.07) is 13.4. The van der Waals surface area contributed by atoms with Crippen LogP contribution in [0, 0.1) is 12.7 Å². The van der Waals surface area contributed by atoms with E-state index in [-0.39, 0.29) is 42.8 Å². The van der Waals surface area contributed by atoms with E-state index in [9.17, 15) is 14.0 Å². The van der Waals surface area contributed by atoms with Gasteiger partial charge in [0.25, 0.3) is 5.91 Å². The Morgan fingerprint density at radius 1 is 1.03 bits per heavy atom. The van der Waals surface area contributed by atoms with E-state index in [1.54, 1.807) is 12.1 Å². The molecule has 0 spiro atoms. The van der Waals surface area contributed by atoms with Crippen LogP contribution in [-0.4, -0.2) is 33.2 Å². The SMILES string of the molecule is Cc1ccc(NC(=O)CCN(Cc2ccc(F)cc2)C(=O)c2cnccn2)cc1. The average molecular weight is 392 g/mol. The van der Waals surface area contributed by atoms with Gasteiger partial charge in [-0.05, 0) is 36.8 Å². The molecule has 2 aromatic carbocycles. The zero-order valence-electron chi connectivity index (χ0n) is 16.0. The van der Waals surface area contributed by atoms with Crippen LogP contribution in [0.4, 0.5) is 10.1 Å². The first kappa shape index (κ1) is 20.1. The van der Waals surface area contributed by atoms with Crippen LogP contribution in [-0.2, 0) is 11.3 Å². The fraction of sp³-hybridized carbons (Fsp3) is 0.182. The third-order valence-electron chi connectivity index (χ3n) is 4.30. The van der Waals surface area contributed by atoms with Crippen LogP contribution in [0.15, 0.2) is 67.1 Å². The molecule has 1 aromatic heterocycles. The molecule has 0 aliphatic carbocycles. The van der Waals surface area contributed by atoms with Crippen LogP contribution < -0.4 is 5.32 Å². The van der Waals surface area contributed by atoms with Crippen LogP contribution in [0.25, 0.3) is 0 Å². The van der Waals surface area contributed by atoms with E-state index in [1.165, 1.54) is 35.6 Å². The predicted octanol–water partition coefficient (Wildman–Crippen LogP) is 3.60. The summed E-state index contributed by atoms with van der Waals surface area (Å²) in [5.41, 5.74) is 2.74. The number of carbonyl (C=O) groups is 2. The first-order valence-corrected chi connectivity index (χ1v) is 9.17. The van der Waals surface area contributed by atoms with Crippen LogP contribution >= 0.6 is 0 Å². The number of aromatic nitrogens is 2. The molecule has 0 bridgehead atoms. The summed E-state index contributed by atoms with van der Waals surface area (Å²) in [6.07, 6.45) is 4.41. The van der Waals surface area contributed by atoms with Gasteiger partial charge in [-0.2, -0.15) is 0 Å². The molecule has 0 saturated carbocycles. The van der Waals surface area contributed by atoms with Crippen LogP contribution in [0.2, 0.25) is 0 Å². The van der Waals surface area contributed by atoms with Crippen molar-refractivity contribution in [3.63, 3.8) is 0 Å². The quantitative estimate of drug-likeness (QED) is 0.667. The maximum absolute atomic E-state index is 13.2. The maximum Gasteiger partial charge on any atom is 0.274 e. The van der Waals surface area contributed by atoms with E-state index in [0.717, 1.165) is 11.1 Å². The summed E-state index contributed by atoms with van der Waals surface area (Å²) in [5, 5.41) is 2.82. The van der Waals surface area contributed by atoms with Crippen molar-refractivity contribution in [2.45, 2.75) is 19.9 Å². The summed E-state index contributed by atoms with van der Waals surface area (Å²) in [5.74, 6) is -0.895. The molecule has 0 saturated heterocycles. The highest BCUT2D eigenvalue weighted by molar-refractivity contribution is 5.93. The predicted molar refractivity (Wildman–Crippen MR) is 108 cm³/mol.